The highest BCUT2D eigenvalue weighted by molar-refractivity contribution is 5.64. The van der Waals surface area contributed by atoms with Gasteiger partial charge in [-0.3, -0.25) is 0 Å². The maximum Gasteiger partial charge on any atom is 0.182 e. The van der Waals surface area contributed by atoms with Crippen LogP contribution in [0.4, 0.5) is 26.1 Å². The molecule has 0 amide bonds. The average molecular weight is 276 g/mol. The molecule has 0 spiro atoms. The van der Waals surface area contributed by atoms with E-state index in [4.69, 9.17) is 5.73 Å². The number of rotatable bonds is 3. The zero-order chi connectivity index (χ0) is 14.3. The molecule has 0 radical (unpaired) electrons. The van der Waals surface area contributed by atoms with Crippen molar-refractivity contribution >= 4 is 17.3 Å². The molecule has 1 aromatic heterocycles. The molecule has 0 saturated heterocycles. The lowest BCUT2D eigenvalue weighted by Gasteiger charge is -2.12. The van der Waals surface area contributed by atoms with Gasteiger partial charge in [-0.25, -0.2) is 18.7 Å². The van der Waals surface area contributed by atoms with Crippen molar-refractivity contribution in [1.82, 2.24) is 9.97 Å². The van der Waals surface area contributed by atoms with Gasteiger partial charge in [0, 0.05) is 11.5 Å². The molecule has 1 aliphatic rings. The number of halogens is 2. The summed E-state index contributed by atoms with van der Waals surface area (Å²) in [6.07, 6.45) is 2.08. The minimum atomic E-state index is -0.933. The molecule has 2 aromatic rings. The molecule has 1 aliphatic carbocycles. The van der Waals surface area contributed by atoms with Crippen molar-refractivity contribution in [3.05, 3.63) is 41.2 Å². The third-order valence-corrected chi connectivity index (χ3v) is 3.35. The molecular formula is C14H14F2N4. The summed E-state index contributed by atoms with van der Waals surface area (Å²) in [7, 11) is 0. The molecule has 0 bridgehead atoms. The Bertz CT molecular complexity index is 668. The minimum absolute atomic E-state index is 0.0351. The van der Waals surface area contributed by atoms with E-state index >= 15 is 0 Å². The predicted molar refractivity (Wildman–Crippen MR) is 72.8 cm³/mol. The van der Waals surface area contributed by atoms with Crippen molar-refractivity contribution in [3.63, 3.8) is 0 Å². The second kappa shape index (κ2) is 4.70. The van der Waals surface area contributed by atoms with Crippen LogP contribution in [0, 0.1) is 18.6 Å². The van der Waals surface area contributed by atoms with E-state index in [1.807, 2.05) is 0 Å². The van der Waals surface area contributed by atoms with Gasteiger partial charge in [-0.1, -0.05) is 6.07 Å². The van der Waals surface area contributed by atoms with Gasteiger partial charge in [0.1, 0.15) is 17.5 Å². The lowest BCUT2D eigenvalue weighted by molar-refractivity contribution is 0.511. The third-order valence-electron chi connectivity index (χ3n) is 3.35. The van der Waals surface area contributed by atoms with Crippen LogP contribution in [0.25, 0.3) is 0 Å². The Balaban J connectivity index is 1.99. The molecule has 0 atom stereocenters. The first-order valence-corrected chi connectivity index (χ1v) is 6.41. The van der Waals surface area contributed by atoms with E-state index in [-0.39, 0.29) is 5.69 Å². The maximum absolute atomic E-state index is 13.7. The average Bonchev–Trinajstić information content (AvgIpc) is 3.24. The largest absolute Gasteiger partial charge is 0.383 e. The van der Waals surface area contributed by atoms with Gasteiger partial charge in [-0.2, -0.15) is 0 Å². The first-order valence-electron chi connectivity index (χ1n) is 6.41. The summed E-state index contributed by atoms with van der Waals surface area (Å²) in [5.74, 6) is -0.0671. The molecule has 104 valence electrons. The van der Waals surface area contributed by atoms with Crippen molar-refractivity contribution in [2.75, 3.05) is 11.1 Å². The SMILES string of the molecule is Cc1c(N)nc(C2CC2)nc1Nc1cccc(F)c1F. The Morgan fingerprint density at radius 1 is 1.25 bits per heavy atom. The van der Waals surface area contributed by atoms with Crippen molar-refractivity contribution < 1.29 is 8.78 Å². The fraction of sp³-hybridized carbons (Fsp3) is 0.286. The van der Waals surface area contributed by atoms with Gasteiger partial charge < -0.3 is 11.1 Å². The number of aromatic nitrogens is 2. The van der Waals surface area contributed by atoms with E-state index in [0.717, 1.165) is 18.9 Å². The van der Waals surface area contributed by atoms with Gasteiger partial charge in [0.05, 0.1) is 5.69 Å². The number of anilines is 3. The lowest BCUT2D eigenvalue weighted by Crippen LogP contribution is -2.07. The summed E-state index contributed by atoms with van der Waals surface area (Å²) >= 11 is 0. The van der Waals surface area contributed by atoms with E-state index < -0.39 is 11.6 Å². The first kappa shape index (κ1) is 12.8. The summed E-state index contributed by atoms with van der Waals surface area (Å²) in [6.45, 7) is 1.74. The van der Waals surface area contributed by atoms with Crippen molar-refractivity contribution in [2.24, 2.45) is 0 Å². The number of nitrogen functional groups attached to an aromatic ring is 1. The van der Waals surface area contributed by atoms with Crippen LogP contribution in [0.2, 0.25) is 0 Å². The number of nitrogens with zero attached hydrogens (tertiary/aromatic N) is 2. The Labute approximate surface area is 115 Å². The number of nitrogens with one attached hydrogen (secondary N) is 1. The van der Waals surface area contributed by atoms with Gasteiger partial charge in [0.2, 0.25) is 0 Å². The molecular weight excluding hydrogens is 262 g/mol. The molecule has 3 rings (SSSR count). The quantitative estimate of drug-likeness (QED) is 0.903. The number of nitrogens with two attached hydrogens (primary N) is 1. The molecule has 0 unspecified atom stereocenters. The van der Waals surface area contributed by atoms with Crippen LogP contribution < -0.4 is 11.1 Å². The molecule has 20 heavy (non-hydrogen) atoms. The van der Waals surface area contributed by atoms with Crippen LogP contribution in [0.5, 0.6) is 0 Å². The molecule has 3 N–H and O–H groups in total. The van der Waals surface area contributed by atoms with E-state index in [1.165, 1.54) is 12.1 Å². The van der Waals surface area contributed by atoms with E-state index in [1.54, 1.807) is 6.92 Å². The van der Waals surface area contributed by atoms with Crippen LogP contribution in [0.15, 0.2) is 18.2 Å². The van der Waals surface area contributed by atoms with Gasteiger partial charge in [0.15, 0.2) is 11.6 Å². The first-order chi connectivity index (χ1) is 9.56. The summed E-state index contributed by atoms with van der Waals surface area (Å²) in [5, 5.41) is 2.80. The highest BCUT2D eigenvalue weighted by Gasteiger charge is 2.28. The topological polar surface area (TPSA) is 63.8 Å². The molecule has 1 aromatic carbocycles. The highest BCUT2D eigenvalue weighted by atomic mass is 19.2. The molecule has 6 heteroatoms. The zero-order valence-corrected chi connectivity index (χ0v) is 11.0. The van der Waals surface area contributed by atoms with Crippen molar-refractivity contribution in [2.45, 2.75) is 25.7 Å². The van der Waals surface area contributed by atoms with Gasteiger partial charge in [-0.05, 0) is 31.9 Å². The van der Waals surface area contributed by atoms with Gasteiger partial charge in [-0.15, -0.1) is 0 Å². The van der Waals surface area contributed by atoms with Crippen LogP contribution in [-0.2, 0) is 0 Å². The Morgan fingerprint density at radius 3 is 2.70 bits per heavy atom. The van der Waals surface area contributed by atoms with Gasteiger partial charge in [0.25, 0.3) is 0 Å². The zero-order valence-electron chi connectivity index (χ0n) is 11.0. The summed E-state index contributed by atoms with van der Waals surface area (Å²) < 4.78 is 26.9. The molecule has 1 saturated carbocycles. The monoisotopic (exact) mass is 276 g/mol. The van der Waals surface area contributed by atoms with E-state index in [9.17, 15) is 8.78 Å². The maximum atomic E-state index is 13.7. The van der Waals surface area contributed by atoms with Gasteiger partial charge >= 0.3 is 0 Å². The number of hydrogen-bond acceptors (Lipinski definition) is 4. The molecule has 1 heterocycles. The van der Waals surface area contributed by atoms with Crippen LogP contribution in [0.1, 0.15) is 30.1 Å². The normalized spacial score (nSPS) is 14.3. The van der Waals surface area contributed by atoms with E-state index in [2.05, 4.69) is 15.3 Å². The molecule has 4 nitrogen and oxygen atoms in total. The number of hydrogen-bond donors (Lipinski definition) is 2. The standard InChI is InChI=1S/C14H14F2N4/c1-7-12(17)19-14(8-5-6-8)20-13(7)18-10-4-2-3-9(15)11(10)16/h2-4,8H,5-6H2,1H3,(H3,17,18,19,20). The lowest BCUT2D eigenvalue weighted by atomic mass is 10.2. The minimum Gasteiger partial charge on any atom is -0.383 e. The Kier molecular flexibility index (Phi) is 3.00. The fourth-order valence-corrected chi connectivity index (χ4v) is 1.93. The Hall–Kier alpha value is -2.24. The molecule has 0 aliphatic heterocycles. The second-order valence-corrected chi connectivity index (χ2v) is 4.94. The summed E-state index contributed by atoms with van der Waals surface area (Å²) in [6, 6.07) is 3.95. The van der Waals surface area contributed by atoms with Crippen molar-refractivity contribution in [1.29, 1.82) is 0 Å². The van der Waals surface area contributed by atoms with Crippen LogP contribution >= 0.6 is 0 Å². The van der Waals surface area contributed by atoms with E-state index in [0.29, 0.717) is 28.9 Å². The third kappa shape index (κ3) is 2.29. The predicted octanol–water partition coefficient (Wildman–Crippen LogP) is 3.27. The Morgan fingerprint density at radius 2 is 2.00 bits per heavy atom. The fourth-order valence-electron chi connectivity index (χ4n) is 1.93. The van der Waals surface area contributed by atoms with Crippen LogP contribution in [0.3, 0.4) is 0 Å². The number of benzene rings is 1. The van der Waals surface area contributed by atoms with Crippen molar-refractivity contribution in [3.8, 4) is 0 Å². The molecule has 1 fully saturated rings. The summed E-state index contributed by atoms with van der Waals surface area (Å²) in [5.41, 5.74) is 6.51. The van der Waals surface area contributed by atoms with Crippen LogP contribution in [-0.4, -0.2) is 9.97 Å². The second-order valence-electron chi connectivity index (χ2n) is 4.94. The highest BCUT2D eigenvalue weighted by Crippen LogP contribution is 2.39. The smallest absolute Gasteiger partial charge is 0.182 e. The summed E-state index contributed by atoms with van der Waals surface area (Å²) in [4.78, 5) is 8.61.